The van der Waals surface area contributed by atoms with Crippen LogP contribution < -0.4 is 4.90 Å². The van der Waals surface area contributed by atoms with Gasteiger partial charge in [-0.15, -0.1) is 0 Å². The predicted octanol–water partition coefficient (Wildman–Crippen LogP) is 0.552. The number of anilines is 1. The van der Waals surface area contributed by atoms with E-state index >= 15 is 0 Å². The number of piperazine rings is 1. The summed E-state index contributed by atoms with van der Waals surface area (Å²) in [5.74, 6) is 0. The molecule has 4 nitrogen and oxygen atoms in total. The fraction of sp³-hybridized carbons (Fsp3) is 0.571. The number of nitrogens with zero attached hydrogens (tertiary/aromatic N) is 2. The number of aliphatic hydroxyl groups is 2. The molecule has 1 aromatic rings. The number of hydrogen-bond acceptors (Lipinski definition) is 4. The first-order chi connectivity index (χ1) is 8.85. The summed E-state index contributed by atoms with van der Waals surface area (Å²) in [6, 6.07) is 10.5. The van der Waals surface area contributed by atoms with Crippen molar-refractivity contribution in [3.8, 4) is 0 Å². The zero-order chi connectivity index (χ0) is 12.8. The third-order valence-electron chi connectivity index (χ3n) is 3.63. The van der Waals surface area contributed by atoms with Gasteiger partial charge in [0.05, 0.1) is 6.61 Å². The average molecular weight is 250 g/mol. The molecule has 0 saturated carbocycles. The van der Waals surface area contributed by atoms with Gasteiger partial charge in [-0.25, -0.2) is 0 Å². The predicted molar refractivity (Wildman–Crippen MR) is 72.8 cm³/mol. The highest BCUT2D eigenvalue weighted by molar-refractivity contribution is 5.46. The van der Waals surface area contributed by atoms with Crippen molar-refractivity contribution in [2.75, 3.05) is 44.3 Å². The van der Waals surface area contributed by atoms with Crippen molar-refractivity contribution >= 4 is 5.69 Å². The highest BCUT2D eigenvalue weighted by Gasteiger charge is 2.22. The van der Waals surface area contributed by atoms with Crippen LogP contribution in [0.5, 0.6) is 0 Å². The molecule has 1 fully saturated rings. The third-order valence-corrected chi connectivity index (χ3v) is 3.63. The van der Waals surface area contributed by atoms with E-state index in [1.807, 2.05) is 6.07 Å². The molecule has 2 N–H and O–H groups in total. The molecule has 0 bridgehead atoms. The Morgan fingerprint density at radius 3 is 2.22 bits per heavy atom. The van der Waals surface area contributed by atoms with E-state index in [0.717, 1.165) is 26.2 Å². The molecule has 1 unspecified atom stereocenters. The normalized spacial score (nSPS) is 18.9. The highest BCUT2D eigenvalue weighted by Crippen LogP contribution is 2.17. The molecule has 4 heteroatoms. The summed E-state index contributed by atoms with van der Waals surface area (Å²) >= 11 is 0. The molecule has 1 saturated heterocycles. The van der Waals surface area contributed by atoms with Crippen LogP contribution in [-0.4, -0.2) is 60.5 Å². The first-order valence-corrected chi connectivity index (χ1v) is 6.61. The van der Waals surface area contributed by atoms with E-state index in [2.05, 4.69) is 34.1 Å². The molecule has 1 aliphatic rings. The van der Waals surface area contributed by atoms with E-state index in [1.165, 1.54) is 5.69 Å². The lowest BCUT2D eigenvalue weighted by atomic mass is 10.1. The Bertz CT molecular complexity index is 337. The zero-order valence-electron chi connectivity index (χ0n) is 10.7. The van der Waals surface area contributed by atoms with Crippen molar-refractivity contribution in [3.05, 3.63) is 30.3 Å². The van der Waals surface area contributed by atoms with Crippen molar-refractivity contribution < 1.29 is 10.2 Å². The first kappa shape index (κ1) is 13.3. The summed E-state index contributed by atoms with van der Waals surface area (Å²) in [6.45, 7) is 4.12. The quantitative estimate of drug-likeness (QED) is 0.801. The first-order valence-electron chi connectivity index (χ1n) is 6.61. The van der Waals surface area contributed by atoms with Gasteiger partial charge in [0.15, 0.2) is 0 Å². The molecule has 0 aliphatic carbocycles. The van der Waals surface area contributed by atoms with Crippen molar-refractivity contribution in [1.29, 1.82) is 0 Å². The second kappa shape index (κ2) is 6.73. The zero-order valence-corrected chi connectivity index (χ0v) is 10.7. The minimum absolute atomic E-state index is 0.105. The summed E-state index contributed by atoms with van der Waals surface area (Å²) in [5, 5.41) is 18.3. The van der Waals surface area contributed by atoms with Gasteiger partial charge in [0, 0.05) is 44.5 Å². The van der Waals surface area contributed by atoms with Gasteiger partial charge in [-0.05, 0) is 18.6 Å². The van der Waals surface area contributed by atoms with E-state index in [4.69, 9.17) is 5.11 Å². The molecule has 100 valence electrons. The topological polar surface area (TPSA) is 46.9 Å². The van der Waals surface area contributed by atoms with Gasteiger partial charge in [-0.3, -0.25) is 4.90 Å². The van der Waals surface area contributed by atoms with Gasteiger partial charge in [-0.1, -0.05) is 18.2 Å². The maximum Gasteiger partial charge on any atom is 0.0587 e. The summed E-state index contributed by atoms with van der Waals surface area (Å²) in [5.41, 5.74) is 1.26. The fourth-order valence-electron chi connectivity index (χ4n) is 2.52. The maximum absolute atomic E-state index is 9.33. The minimum atomic E-state index is 0.105. The third kappa shape index (κ3) is 3.22. The number of aliphatic hydroxyl groups excluding tert-OH is 2. The van der Waals surface area contributed by atoms with Gasteiger partial charge in [-0.2, -0.15) is 0 Å². The Morgan fingerprint density at radius 2 is 1.67 bits per heavy atom. The van der Waals surface area contributed by atoms with Crippen molar-refractivity contribution in [3.63, 3.8) is 0 Å². The number of hydrogen-bond donors (Lipinski definition) is 2. The molecule has 1 aliphatic heterocycles. The van der Waals surface area contributed by atoms with Crippen molar-refractivity contribution in [2.45, 2.75) is 12.5 Å². The molecule has 0 aromatic heterocycles. The molecular weight excluding hydrogens is 228 g/mol. The van der Waals surface area contributed by atoms with Gasteiger partial charge in [0.25, 0.3) is 0 Å². The number of para-hydroxylation sites is 1. The summed E-state index contributed by atoms with van der Waals surface area (Å²) in [4.78, 5) is 4.64. The second-order valence-electron chi connectivity index (χ2n) is 4.71. The lowest BCUT2D eigenvalue weighted by molar-refractivity contribution is 0.0946. The van der Waals surface area contributed by atoms with Crippen LogP contribution in [0.15, 0.2) is 30.3 Å². The molecular formula is C14H22N2O2. The van der Waals surface area contributed by atoms with E-state index < -0.39 is 0 Å². The Labute approximate surface area is 108 Å². The van der Waals surface area contributed by atoms with Gasteiger partial charge in [0.2, 0.25) is 0 Å². The van der Waals surface area contributed by atoms with Crippen LogP contribution in [0.4, 0.5) is 5.69 Å². The number of rotatable bonds is 5. The summed E-state index contributed by atoms with van der Waals surface area (Å²) in [7, 11) is 0. The van der Waals surface area contributed by atoms with Crippen LogP contribution in [0.25, 0.3) is 0 Å². The van der Waals surface area contributed by atoms with E-state index in [-0.39, 0.29) is 19.3 Å². The van der Waals surface area contributed by atoms with Crippen molar-refractivity contribution in [1.82, 2.24) is 4.90 Å². The Balaban J connectivity index is 1.88. The smallest absolute Gasteiger partial charge is 0.0587 e. The minimum Gasteiger partial charge on any atom is -0.396 e. The van der Waals surface area contributed by atoms with Gasteiger partial charge in [0.1, 0.15) is 0 Å². The fourth-order valence-corrected chi connectivity index (χ4v) is 2.52. The van der Waals surface area contributed by atoms with Crippen LogP contribution in [-0.2, 0) is 0 Å². The van der Waals surface area contributed by atoms with Crippen LogP contribution in [0.2, 0.25) is 0 Å². The summed E-state index contributed by atoms with van der Waals surface area (Å²) < 4.78 is 0. The lowest BCUT2D eigenvalue weighted by Gasteiger charge is -2.39. The molecule has 18 heavy (non-hydrogen) atoms. The highest BCUT2D eigenvalue weighted by atomic mass is 16.3. The molecule has 1 atom stereocenters. The van der Waals surface area contributed by atoms with E-state index in [9.17, 15) is 5.11 Å². The average Bonchev–Trinajstić information content (AvgIpc) is 2.46. The molecule has 0 radical (unpaired) electrons. The van der Waals surface area contributed by atoms with Crippen LogP contribution in [0.1, 0.15) is 6.42 Å². The summed E-state index contributed by atoms with van der Waals surface area (Å²) in [6.07, 6.45) is 0.655. The standard InChI is InChI=1S/C14H22N2O2/c17-11-6-14(12-18)16-9-7-15(8-10-16)13-4-2-1-3-5-13/h1-5,14,17-18H,6-12H2. The number of benzene rings is 1. The van der Waals surface area contributed by atoms with Crippen molar-refractivity contribution in [2.24, 2.45) is 0 Å². The Hall–Kier alpha value is -1.10. The second-order valence-corrected chi connectivity index (χ2v) is 4.71. The SMILES string of the molecule is OCCC(CO)N1CCN(c2ccccc2)CC1. The maximum atomic E-state index is 9.33. The van der Waals surface area contributed by atoms with Gasteiger partial charge >= 0.3 is 0 Å². The van der Waals surface area contributed by atoms with E-state index in [1.54, 1.807) is 0 Å². The van der Waals surface area contributed by atoms with Gasteiger partial charge < -0.3 is 15.1 Å². The largest absolute Gasteiger partial charge is 0.396 e. The monoisotopic (exact) mass is 250 g/mol. The molecule has 2 rings (SSSR count). The van der Waals surface area contributed by atoms with E-state index in [0.29, 0.717) is 6.42 Å². The van der Waals surface area contributed by atoms with Crippen LogP contribution >= 0.6 is 0 Å². The molecule has 1 aromatic carbocycles. The lowest BCUT2D eigenvalue weighted by Crippen LogP contribution is -2.51. The molecule has 1 heterocycles. The molecule has 0 amide bonds. The van der Waals surface area contributed by atoms with Crippen LogP contribution in [0.3, 0.4) is 0 Å². The Morgan fingerprint density at radius 1 is 1.00 bits per heavy atom. The molecule has 0 spiro atoms. The van der Waals surface area contributed by atoms with Crippen LogP contribution in [0, 0.1) is 0 Å². The Kier molecular flexibility index (Phi) is 4.99.